The highest BCUT2D eigenvalue weighted by Crippen LogP contribution is 2.22. The molecule has 0 spiro atoms. The molecule has 0 aliphatic heterocycles. The van der Waals surface area contributed by atoms with E-state index < -0.39 is 10.0 Å². The summed E-state index contributed by atoms with van der Waals surface area (Å²) in [5.41, 5.74) is 2.38. The maximum Gasteiger partial charge on any atom is 0.240 e. The third-order valence-corrected chi connectivity index (χ3v) is 4.81. The van der Waals surface area contributed by atoms with Crippen LogP contribution in [0, 0.1) is 0 Å². The molecule has 0 saturated heterocycles. The molecule has 1 N–H and O–H groups in total. The Hall–Kier alpha value is -2.29. The zero-order valence-corrected chi connectivity index (χ0v) is 13.3. The molecule has 0 aliphatic carbocycles. The van der Waals surface area contributed by atoms with Crippen molar-refractivity contribution in [2.24, 2.45) is 0 Å². The molecule has 0 amide bonds. The van der Waals surface area contributed by atoms with Crippen LogP contribution in [0.3, 0.4) is 0 Å². The molecule has 2 aromatic heterocycles. The molecule has 7 nitrogen and oxygen atoms in total. The summed E-state index contributed by atoms with van der Waals surface area (Å²) in [4.78, 5) is 4.30. The second-order valence-corrected chi connectivity index (χ2v) is 6.67. The van der Waals surface area contributed by atoms with Gasteiger partial charge in [0, 0.05) is 25.4 Å². The van der Waals surface area contributed by atoms with E-state index in [1.807, 2.05) is 24.4 Å². The highest BCUT2D eigenvalue weighted by molar-refractivity contribution is 7.89. The van der Waals surface area contributed by atoms with E-state index in [-0.39, 0.29) is 11.4 Å². The Labute approximate surface area is 134 Å². The predicted octanol–water partition coefficient (Wildman–Crippen LogP) is 1.32. The highest BCUT2D eigenvalue weighted by Gasteiger charge is 2.14. The van der Waals surface area contributed by atoms with Gasteiger partial charge in [0.1, 0.15) is 6.33 Å². The van der Waals surface area contributed by atoms with Crippen LogP contribution >= 0.6 is 0 Å². The quantitative estimate of drug-likeness (QED) is 0.688. The minimum absolute atomic E-state index is 0.213. The SMILES string of the molecule is COCCNS(=O)(=O)c1cccc(-c2ccc3ncnn3c2)c1. The number of pyridine rings is 1. The number of nitrogens with one attached hydrogen (secondary N) is 1. The van der Waals surface area contributed by atoms with E-state index >= 15 is 0 Å². The molecule has 3 rings (SSSR count). The third-order valence-electron chi connectivity index (χ3n) is 3.35. The fourth-order valence-electron chi connectivity index (χ4n) is 2.19. The molecule has 8 heteroatoms. The number of aromatic nitrogens is 3. The molecule has 3 aromatic rings. The van der Waals surface area contributed by atoms with Gasteiger partial charge in [-0.3, -0.25) is 0 Å². The number of hydrogen-bond acceptors (Lipinski definition) is 5. The molecule has 0 unspecified atom stereocenters. The van der Waals surface area contributed by atoms with E-state index in [1.165, 1.54) is 13.4 Å². The van der Waals surface area contributed by atoms with Crippen LogP contribution in [0.4, 0.5) is 0 Å². The van der Waals surface area contributed by atoms with Crippen LogP contribution in [-0.2, 0) is 14.8 Å². The fraction of sp³-hybridized carbons (Fsp3) is 0.200. The van der Waals surface area contributed by atoms with Crippen molar-refractivity contribution in [3.05, 3.63) is 48.9 Å². The molecule has 23 heavy (non-hydrogen) atoms. The lowest BCUT2D eigenvalue weighted by Gasteiger charge is -2.08. The molecular weight excluding hydrogens is 316 g/mol. The summed E-state index contributed by atoms with van der Waals surface area (Å²) in [7, 11) is -2.04. The van der Waals surface area contributed by atoms with Gasteiger partial charge in [-0.05, 0) is 29.8 Å². The summed E-state index contributed by atoms with van der Waals surface area (Å²) in [6.45, 7) is 0.551. The van der Waals surface area contributed by atoms with Gasteiger partial charge >= 0.3 is 0 Å². The first-order valence-electron chi connectivity index (χ1n) is 6.98. The zero-order valence-electron chi connectivity index (χ0n) is 12.5. The van der Waals surface area contributed by atoms with Crippen LogP contribution in [0.2, 0.25) is 0 Å². The molecule has 0 radical (unpaired) electrons. The van der Waals surface area contributed by atoms with Crippen molar-refractivity contribution < 1.29 is 13.2 Å². The number of methoxy groups -OCH3 is 1. The minimum atomic E-state index is -3.56. The smallest absolute Gasteiger partial charge is 0.240 e. The lowest BCUT2D eigenvalue weighted by Crippen LogP contribution is -2.27. The maximum absolute atomic E-state index is 12.3. The van der Waals surface area contributed by atoms with E-state index in [2.05, 4.69) is 14.8 Å². The number of rotatable bonds is 6. The summed E-state index contributed by atoms with van der Waals surface area (Å²) >= 11 is 0. The summed E-state index contributed by atoms with van der Waals surface area (Å²) in [5.74, 6) is 0. The Morgan fingerprint density at radius 2 is 2.09 bits per heavy atom. The van der Waals surface area contributed by atoms with Crippen molar-refractivity contribution in [3.8, 4) is 11.1 Å². The number of sulfonamides is 1. The van der Waals surface area contributed by atoms with Gasteiger partial charge < -0.3 is 4.74 Å². The third kappa shape index (κ3) is 3.39. The fourth-order valence-corrected chi connectivity index (χ4v) is 3.25. The van der Waals surface area contributed by atoms with Crippen LogP contribution in [-0.4, -0.2) is 43.3 Å². The molecular formula is C15H16N4O3S. The van der Waals surface area contributed by atoms with Gasteiger partial charge in [0.15, 0.2) is 5.65 Å². The first-order valence-corrected chi connectivity index (χ1v) is 8.47. The monoisotopic (exact) mass is 332 g/mol. The molecule has 120 valence electrons. The summed E-state index contributed by atoms with van der Waals surface area (Å²) in [6.07, 6.45) is 3.28. The van der Waals surface area contributed by atoms with Gasteiger partial charge in [-0.25, -0.2) is 22.6 Å². The number of fused-ring (bicyclic) bond motifs is 1. The van der Waals surface area contributed by atoms with Crippen LogP contribution in [0.1, 0.15) is 0 Å². The van der Waals surface area contributed by atoms with Crippen molar-refractivity contribution >= 4 is 15.7 Å². The second-order valence-electron chi connectivity index (χ2n) is 4.90. The Morgan fingerprint density at radius 1 is 1.22 bits per heavy atom. The molecule has 0 bridgehead atoms. The summed E-state index contributed by atoms with van der Waals surface area (Å²) in [5, 5.41) is 4.09. The van der Waals surface area contributed by atoms with E-state index in [0.717, 1.165) is 16.8 Å². The number of benzene rings is 1. The van der Waals surface area contributed by atoms with Crippen molar-refractivity contribution in [1.29, 1.82) is 0 Å². The van der Waals surface area contributed by atoms with E-state index in [9.17, 15) is 8.42 Å². The highest BCUT2D eigenvalue weighted by atomic mass is 32.2. The van der Waals surface area contributed by atoms with Crippen molar-refractivity contribution in [2.45, 2.75) is 4.90 Å². The lowest BCUT2D eigenvalue weighted by molar-refractivity contribution is 0.204. The second kappa shape index (κ2) is 6.45. The Balaban J connectivity index is 1.92. The van der Waals surface area contributed by atoms with Crippen LogP contribution in [0.25, 0.3) is 16.8 Å². The van der Waals surface area contributed by atoms with Crippen molar-refractivity contribution in [1.82, 2.24) is 19.3 Å². The molecule has 0 fully saturated rings. The molecule has 0 aliphatic rings. The van der Waals surface area contributed by atoms with Gasteiger partial charge in [-0.15, -0.1) is 0 Å². The van der Waals surface area contributed by atoms with Gasteiger partial charge in [-0.2, -0.15) is 5.10 Å². The molecule has 1 aromatic carbocycles. The summed E-state index contributed by atoms with van der Waals surface area (Å²) in [6, 6.07) is 10.5. The van der Waals surface area contributed by atoms with Gasteiger partial charge in [0.25, 0.3) is 0 Å². The van der Waals surface area contributed by atoms with Crippen LogP contribution in [0.5, 0.6) is 0 Å². The Morgan fingerprint density at radius 3 is 2.91 bits per heavy atom. The average molecular weight is 332 g/mol. The van der Waals surface area contributed by atoms with Gasteiger partial charge in [0.2, 0.25) is 10.0 Å². The maximum atomic E-state index is 12.3. The Bertz CT molecular complexity index is 921. The first kappa shape index (κ1) is 15.6. The van der Waals surface area contributed by atoms with Crippen molar-refractivity contribution in [3.63, 3.8) is 0 Å². The predicted molar refractivity (Wildman–Crippen MR) is 85.5 cm³/mol. The molecule has 0 atom stereocenters. The van der Waals surface area contributed by atoms with E-state index in [1.54, 1.807) is 22.7 Å². The lowest BCUT2D eigenvalue weighted by atomic mass is 10.1. The van der Waals surface area contributed by atoms with E-state index in [4.69, 9.17) is 4.74 Å². The molecule has 2 heterocycles. The van der Waals surface area contributed by atoms with Crippen molar-refractivity contribution in [2.75, 3.05) is 20.3 Å². The first-order chi connectivity index (χ1) is 11.1. The Kier molecular flexibility index (Phi) is 4.37. The number of nitrogens with zero attached hydrogens (tertiary/aromatic N) is 3. The topological polar surface area (TPSA) is 85.6 Å². The molecule has 0 saturated carbocycles. The number of hydrogen-bond donors (Lipinski definition) is 1. The van der Waals surface area contributed by atoms with Crippen LogP contribution in [0.15, 0.2) is 53.8 Å². The van der Waals surface area contributed by atoms with Gasteiger partial charge in [0.05, 0.1) is 11.5 Å². The van der Waals surface area contributed by atoms with Gasteiger partial charge in [-0.1, -0.05) is 12.1 Å². The van der Waals surface area contributed by atoms with Crippen LogP contribution < -0.4 is 4.72 Å². The number of ether oxygens (including phenoxy) is 1. The zero-order chi connectivity index (χ0) is 16.3. The summed E-state index contributed by atoms with van der Waals surface area (Å²) < 4.78 is 33.5. The minimum Gasteiger partial charge on any atom is -0.383 e. The largest absolute Gasteiger partial charge is 0.383 e. The van der Waals surface area contributed by atoms with E-state index in [0.29, 0.717) is 6.61 Å². The average Bonchev–Trinajstić information content (AvgIpc) is 3.02. The standard InChI is InChI=1S/C15H16N4O3S/c1-22-8-7-18-23(20,21)14-4-2-3-12(9-14)13-5-6-15-16-11-17-19(15)10-13/h2-6,9-11,18H,7-8H2,1H3. The normalized spacial score (nSPS) is 11.9.